The molecule has 0 spiro atoms. The first-order valence-electron chi connectivity index (χ1n) is 14.1. The van der Waals surface area contributed by atoms with Gasteiger partial charge in [-0.3, -0.25) is 4.79 Å². The number of aromatic carboxylic acids is 1. The van der Waals surface area contributed by atoms with E-state index in [1.165, 1.54) is 12.1 Å². The van der Waals surface area contributed by atoms with Gasteiger partial charge in [-0.05, 0) is 71.4 Å². The van der Waals surface area contributed by atoms with E-state index in [0.29, 0.717) is 44.7 Å². The van der Waals surface area contributed by atoms with Crippen LogP contribution < -0.4 is 25.4 Å². The average molecular weight is 607 g/mol. The Morgan fingerprint density at radius 1 is 1.00 bits per heavy atom. The van der Waals surface area contributed by atoms with Gasteiger partial charge in [0.15, 0.2) is 6.07 Å². The average Bonchev–Trinajstić information content (AvgIpc) is 3.53. The van der Waals surface area contributed by atoms with Gasteiger partial charge in [-0.25, -0.2) is 9.48 Å². The summed E-state index contributed by atoms with van der Waals surface area (Å²) in [5, 5.41) is 31.4. The number of carbonyl (C=O) groups is 2. The highest BCUT2D eigenvalue weighted by molar-refractivity contribution is 6.02. The first-order chi connectivity index (χ1) is 22.2. The maximum atomic E-state index is 13.4. The lowest BCUT2D eigenvalue weighted by atomic mass is 9.88. The Bertz CT molecular complexity index is 2250. The van der Waals surface area contributed by atoms with E-state index in [2.05, 4.69) is 34.0 Å². The number of ether oxygens (including phenoxy) is 1. The van der Waals surface area contributed by atoms with Crippen LogP contribution in [0.3, 0.4) is 0 Å². The van der Waals surface area contributed by atoms with Crippen molar-refractivity contribution in [3.8, 4) is 35.1 Å². The van der Waals surface area contributed by atoms with Crippen molar-refractivity contribution in [3.05, 3.63) is 129 Å². The van der Waals surface area contributed by atoms with Gasteiger partial charge in [0.05, 0.1) is 24.0 Å². The summed E-state index contributed by atoms with van der Waals surface area (Å²) >= 11 is 0. The minimum absolute atomic E-state index is 0.0494. The van der Waals surface area contributed by atoms with Crippen molar-refractivity contribution in [1.29, 1.82) is 5.26 Å². The monoisotopic (exact) mass is 606 g/mol. The van der Waals surface area contributed by atoms with E-state index < -0.39 is 11.9 Å². The minimum Gasteiger partial charge on any atom is -0.478 e. The zero-order valence-electron chi connectivity index (χ0n) is 24.9. The number of rotatable bonds is 7. The molecule has 0 aliphatic carbocycles. The molecule has 1 amide bonds. The van der Waals surface area contributed by atoms with Crippen LogP contribution >= 0.6 is 0 Å². The number of amides is 1. The maximum absolute atomic E-state index is 13.4. The summed E-state index contributed by atoms with van der Waals surface area (Å²) in [7, 11) is 3.85. The van der Waals surface area contributed by atoms with Crippen LogP contribution in [0.4, 0.5) is 5.69 Å². The van der Waals surface area contributed by atoms with Crippen molar-refractivity contribution >= 4 is 29.7 Å². The Hall–Kier alpha value is -6.65. The van der Waals surface area contributed by atoms with Gasteiger partial charge in [0.25, 0.3) is 5.91 Å². The Morgan fingerprint density at radius 3 is 2.54 bits per heavy atom. The van der Waals surface area contributed by atoms with Crippen LogP contribution in [0.2, 0.25) is 0 Å². The van der Waals surface area contributed by atoms with Crippen LogP contribution in [0, 0.1) is 23.2 Å². The number of anilines is 1. The van der Waals surface area contributed by atoms with E-state index in [9.17, 15) is 14.7 Å². The molecule has 4 aromatic carbocycles. The second kappa shape index (κ2) is 12.2. The van der Waals surface area contributed by atoms with Crippen molar-refractivity contribution in [1.82, 2.24) is 20.3 Å². The van der Waals surface area contributed by atoms with E-state index >= 15 is 0 Å². The fourth-order valence-corrected chi connectivity index (χ4v) is 5.15. The third-order valence-corrected chi connectivity index (χ3v) is 7.43. The first-order valence-corrected chi connectivity index (χ1v) is 14.1. The number of fused-ring (bicyclic) bond motifs is 2. The molecule has 6 rings (SSSR count). The number of carboxylic acids is 1. The molecule has 1 aliphatic heterocycles. The van der Waals surface area contributed by atoms with Gasteiger partial charge in [0.1, 0.15) is 17.2 Å². The lowest BCUT2D eigenvalue weighted by molar-refractivity contribution is 0.0696. The zero-order valence-corrected chi connectivity index (χ0v) is 24.9. The van der Waals surface area contributed by atoms with E-state index in [1.807, 2.05) is 55.4 Å². The van der Waals surface area contributed by atoms with Crippen molar-refractivity contribution in [2.24, 2.45) is 0 Å². The number of carboxylic acid groups (broad SMARTS) is 1. The molecule has 0 saturated heterocycles. The standard InChI is InChI=1S/C36H26N6O4/c1-22-6-13-29-32(17-22)46-33-19-27(41(2)3)12-15-30(33)34(29)31-18-24(9-14-28(31)36(44)45)35(43)38-20-25-21-42(40-39-25)26-10-7-23(8-11-26)5-4-16-37/h6-15,17-19,21H,1,20H2,2-3H3,(H,38,43)(H,44,45). The molecule has 10 nitrogen and oxygen atoms in total. The van der Waals surface area contributed by atoms with Crippen LogP contribution in [0.1, 0.15) is 43.1 Å². The second-order valence-electron chi connectivity index (χ2n) is 10.7. The highest BCUT2D eigenvalue weighted by Crippen LogP contribution is 2.39. The van der Waals surface area contributed by atoms with Crippen LogP contribution in [-0.2, 0) is 6.54 Å². The van der Waals surface area contributed by atoms with Gasteiger partial charge in [-0.15, -0.1) is 5.10 Å². The lowest BCUT2D eigenvalue weighted by Crippen LogP contribution is -2.24. The molecule has 0 bridgehead atoms. The number of hydrogen-bond donors (Lipinski definition) is 2. The number of benzene rings is 4. The molecule has 10 heteroatoms. The summed E-state index contributed by atoms with van der Waals surface area (Å²) in [4.78, 5) is 27.8. The van der Waals surface area contributed by atoms with E-state index in [0.717, 1.165) is 16.6 Å². The number of nitriles is 1. The van der Waals surface area contributed by atoms with E-state index in [4.69, 9.17) is 10.00 Å². The normalized spacial score (nSPS) is 11.2. The highest BCUT2D eigenvalue weighted by Gasteiger charge is 2.25. The first kappa shape index (κ1) is 29.4. The number of carbonyl (C=O) groups excluding carboxylic acids is 1. The largest absolute Gasteiger partial charge is 0.478 e. The van der Waals surface area contributed by atoms with Gasteiger partial charge >= 0.3 is 5.97 Å². The summed E-state index contributed by atoms with van der Waals surface area (Å²) in [6, 6.07) is 24.7. The zero-order chi connectivity index (χ0) is 32.4. The Morgan fingerprint density at radius 2 is 1.80 bits per heavy atom. The van der Waals surface area contributed by atoms with E-state index in [1.54, 1.807) is 47.3 Å². The molecular weight excluding hydrogens is 580 g/mol. The molecule has 0 fully saturated rings. The van der Waals surface area contributed by atoms with Crippen LogP contribution in [0.15, 0.2) is 85.1 Å². The molecule has 224 valence electrons. The SMILES string of the molecule is C=c1ccc2c(c1)Oc1cc(N(C)C)ccc1C=2c1cc(C(=O)NCc2cn(-c3ccc(C#CC#N)cc3)nn2)ccc1C(=O)O. The highest BCUT2D eigenvalue weighted by atomic mass is 16.5. The fraction of sp³-hybridized carbons (Fsp3) is 0.0833. The third kappa shape index (κ3) is 5.79. The quantitative estimate of drug-likeness (QED) is 0.264. The fourth-order valence-electron chi connectivity index (χ4n) is 5.15. The number of nitrogens with one attached hydrogen (secondary N) is 1. The summed E-state index contributed by atoms with van der Waals surface area (Å²) in [6.45, 7) is 4.11. The van der Waals surface area contributed by atoms with Crippen molar-refractivity contribution in [2.45, 2.75) is 6.54 Å². The predicted octanol–water partition coefficient (Wildman–Crippen LogP) is 3.60. The van der Waals surface area contributed by atoms with Crippen LogP contribution in [-0.4, -0.2) is 46.1 Å². The predicted molar refractivity (Wildman–Crippen MR) is 172 cm³/mol. The number of nitrogens with zero attached hydrogens (tertiary/aromatic N) is 5. The second-order valence-corrected chi connectivity index (χ2v) is 10.7. The van der Waals surface area contributed by atoms with Gasteiger partial charge in [0.2, 0.25) is 0 Å². The van der Waals surface area contributed by atoms with Crippen LogP contribution in [0.25, 0.3) is 17.8 Å². The maximum Gasteiger partial charge on any atom is 0.336 e. The van der Waals surface area contributed by atoms with Crippen molar-refractivity contribution in [3.63, 3.8) is 0 Å². The smallest absolute Gasteiger partial charge is 0.336 e. The molecular formula is C36H26N6O4. The van der Waals surface area contributed by atoms with Gasteiger partial charge in [-0.1, -0.05) is 29.8 Å². The van der Waals surface area contributed by atoms with Crippen molar-refractivity contribution < 1.29 is 19.4 Å². The molecule has 2 N–H and O–H groups in total. The van der Waals surface area contributed by atoms with Crippen LogP contribution in [0.5, 0.6) is 11.5 Å². The molecule has 0 unspecified atom stereocenters. The molecule has 0 saturated carbocycles. The molecule has 0 radical (unpaired) electrons. The number of hydrogen-bond acceptors (Lipinski definition) is 7. The molecule has 2 heterocycles. The summed E-state index contributed by atoms with van der Waals surface area (Å²) in [6.07, 6.45) is 1.69. The van der Waals surface area contributed by atoms with Gasteiger partial charge in [0, 0.05) is 59.3 Å². The molecule has 1 aliphatic rings. The Balaban J connectivity index is 1.32. The molecule has 0 atom stereocenters. The molecule has 1 aromatic heterocycles. The Labute approximate surface area is 264 Å². The molecule has 5 aromatic rings. The topological polar surface area (TPSA) is 133 Å². The summed E-state index contributed by atoms with van der Waals surface area (Å²) in [5.74, 6) is 4.68. The van der Waals surface area contributed by atoms with Gasteiger partial charge in [-0.2, -0.15) is 5.26 Å². The minimum atomic E-state index is -1.12. The number of aromatic nitrogens is 3. The van der Waals surface area contributed by atoms with E-state index in [-0.39, 0.29) is 17.7 Å². The third-order valence-electron chi connectivity index (χ3n) is 7.43. The lowest BCUT2D eigenvalue weighted by Gasteiger charge is -2.24. The van der Waals surface area contributed by atoms with Crippen molar-refractivity contribution in [2.75, 3.05) is 19.0 Å². The summed E-state index contributed by atoms with van der Waals surface area (Å²) < 4.78 is 7.84. The summed E-state index contributed by atoms with van der Waals surface area (Å²) in [5.41, 5.74) is 4.92. The van der Waals surface area contributed by atoms with Gasteiger partial charge < -0.3 is 20.1 Å². The Kier molecular flexibility index (Phi) is 7.77. The molecule has 46 heavy (non-hydrogen) atoms.